The molecule has 222 valence electrons. The molecule has 3 nitrogen and oxygen atoms in total. The molecule has 1 aliphatic rings. The Morgan fingerprint density at radius 3 is 2.20 bits per heavy atom. The summed E-state index contributed by atoms with van der Waals surface area (Å²) in [5.74, 6) is 0.849. The largest absolute Gasteiger partial charge is 3.00 e. The Bertz CT molecular complexity index is 2040. The van der Waals surface area contributed by atoms with Gasteiger partial charge in [0.1, 0.15) is 0 Å². The Balaban J connectivity index is 0.000000231. The second-order valence-electron chi connectivity index (χ2n) is 11.7. The van der Waals surface area contributed by atoms with Gasteiger partial charge in [0.05, 0.1) is 16.7 Å². The van der Waals surface area contributed by atoms with E-state index in [2.05, 4.69) is 127 Å². The predicted octanol–water partition coefficient (Wildman–Crippen LogP) is 9.92. The first-order chi connectivity index (χ1) is 21.5. The number of aromatic nitrogens is 3. The number of rotatable bonds is 4. The van der Waals surface area contributed by atoms with Gasteiger partial charge in [-0.15, -0.1) is 70.9 Å². The van der Waals surface area contributed by atoms with Gasteiger partial charge in [0.25, 0.3) is 6.33 Å². The molecule has 0 N–H and O–H groups in total. The van der Waals surface area contributed by atoms with Crippen LogP contribution in [-0.4, -0.2) is 9.55 Å². The van der Waals surface area contributed by atoms with Crippen LogP contribution in [0.3, 0.4) is 0 Å². The molecule has 5 heteroatoms. The van der Waals surface area contributed by atoms with Gasteiger partial charge in [-0.05, 0) is 40.4 Å². The van der Waals surface area contributed by atoms with Crippen LogP contribution in [-0.2, 0) is 20.1 Å². The van der Waals surface area contributed by atoms with Crippen molar-refractivity contribution in [3.05, 3.63) is 145 Å². The second-order valence-corrected chi connectivity index (χ2v) is 12.7. The molecule has 0 amide bonds. The standard InChI is InChI=1S/C29H25N2S.C11H8N.Ir/c1-18(2)22-11-7-12-23(19(3)4)28(22)30-17-31-25-15-20-9-5-6-10-21(20)16-27(25)32-26-14-8-13-24(30)29(26)31;1-2-6-10(7-3-1)11-8-4-5-9-12-11;/h5-14,16,18-19H,1-4H3;1-6,8-9H;/q2*-1;+3. The van der Waals surface area contributed by atoms with Crippen LogP contribution in [0.5, 0.6) is 0 Å². The average molecular weight is 780 g/mol. The van der Waals surface area contributed by atoms with E-state index >= 15 is 0 Å². The fourth-order valence-corrected chi connectivity index (χ4v) is 6.98. The molecule has 0 bridgehead atoms. The van der Waals surface area contributed by atoms with E-state index < -0.39 is 0 Å². The molecule has 8 rings (SSSR count). The van der Waals surface area contributed by atoms with Crippen LogP contribution in [0.1, 0.15) is 50.7 Å². The number of fused-ring (bicyclic) bond motifs is 3. The zero-order valence-corrected chi connectivity index (χ0v) is 28.9. The van der Waals surface area contributed by atoms with Crippen LogP contribution in [0.2, 0.25) is 0 Å². The van der Waals surface area contributed by atoms with Gasteiger partial charge in [-0.2, -0.15) is 11.8 Å². The monoisotopic (exact) mass is 780 g/mol. The van der Waals surface area contributed by atoms with E-state index in [4.69, 9.17) is 0 Å². The molecule has 2 aromatic heterocycles. The van der Waals surface area contributed by atoms with Crippen LogP contribution in [0, 0.1) is 18.5 Å². The molecule has 0 fully saturated rings. The SMILES string of the molecule is CC(C)c1cccc(C(C)C)c1-n1[c-][n+]2c3c(cccc31)Sc1cc3ccccc3[c-]c1-2.[Ir+3].[c-]1ccccc1-c1ccccn1. The van der Waals surface area contributed by atoms with Crippen molar-refractivity contribution in [2.24, 2.45) is 0 Å². The van der Waals surface area contributed by atoms with Crippen molar-refractivity contribution in [1.82, 2.24) is 9.55 Å². The molecule has 0 spiro atoms. The number of nitrogens with zero attached hydrogens (tertiary/aromatic N) is 3. The van der Waals surface area contributed by atoms with Crippen molar-refractivity contribution in [3.8, 4) is 22.6 Å². The maximum absolute atomic E-state index is 4.22. The summed E-state index contributed by atoms with van der Waals surface area (Å²) in [6, 6.07) is 44.6. The van der Waals surface area contributed by atoms with Gasteiger partial charge in [0.2, 0.25) is 0 Å². The molecular weight excluding hydrogens is 747 g/mol. The molecule has 5 aromatic carbocycles. The number of imidazole rings is 1. The third-order valence-corrected chi connectivity index (χ3v) is 9.12. The molecule has 0 saturated carbocycles. The predicted molar refractivity (Wildman–Crippen MR) is 181 cm³/mol. The summed E-state index contributed by atoms with van der Waals surface area (Å²) in [7, 11) is 0. The maximum atomic E-state index is 4.22. The molecule has 0 atom stereocenters. The van der Waals surface area contributed by atoms with E-state index in [1.165, 1.54) is 43.0 Å². The van der Waals surface area contributed by atoms with Gasteiger partial charge in [-0.3, -0.25) is 4.57 Å². The van der Waals surface area contributed by atoms with E-state index in [1.54, 1.807) is 6.20 Å². The summed E-state index contributed by atoms with van der Waals surface area (Å²) in [6.45, 7) is 9.10. The Morgan fingerprint density at radius 1 is 0.756 bits per heavy atom. The Kier molecular flexibility index (Phi) is 9.05. The van der Waals surface area contributed by atoms with Crippen LogP contribution in [0.15, 0.2) is 125 Å². The molecule has 0 aliphatic carbocycles. The summed E-state index contributed by atoms with van der Waals surface area (Å²) in [5.41, 5.74) is 9.49. The number of hydrogen-bond donors (Lipinski definition) is 0. The summed E-state index contributed by atoms with van der Waals surface area (Å²) >= 11 is 1.83. The maximum Gasteiger partial charge on any atom is 3.00 e. The van der Waals surface area contributed by atoms with Crippen molar-refractivity contribution in [3.63, 3.8) is 0 Å². The smallest absolute Gasteiger partial charge is 0.307 e. The van der Waals surface area contributed by atoms with Crippen molar-refractivity contribution in [1.29, 1.82) is 0 Å². The zero-order valence-electron chi connectivity index (χ0n) is 25.7. The first-order valence-electron chi connectivity index (χ1n) is 15.1. The number of pyridine rings is 1. The molecule has 7 aromatic rings. The molecule has 3 heterocycles. The van der Waals surface area contributed by atoms with E-state index in [0.717, 1.165) is 22.3 Å². The molecule has 1 aliphatic heterocycles. The van der Waals surface area contributed by atoms with Gasteiger partial charge in [0.15, 0.2) is 0 Å². The number of para-hydroxylation sites is 2. The molecule has 0 saturated heterocycles. The van der Waals surface area contributed by atoms with Crippen molar-refractivity contribution < 1.29 is 24.7 Å². The minimum absolute atomic E-state index is 0. The van der Waals surface area contributed by atoms with E-state index in [-0.39, 0.29) is 20.1 Å². The third kappa shape index (κ3) is 5.89. The van der Waals surface area contributed by atoms with E-state index in [9.17, 15) is 0 Å². The minimum Gasteiger partial charge on any atom is -0.307 e. The fraction of sp³-hybridized carbons (Fsp3) is 0.150. The first-order valence-corrected chi connectivity index (χ1v) is 15.9. The zero-order chi connectivity index (χ0) is 30.2. The van der Waals surface area contributed by atoms with E-state index in [0.29, 0.717) is 11.8 Å². The third-order valence-electron chi connectivity index (χ3n) is 8.04. The molecule has 45 heavy (non-hydrogen) atoms. The van der Waals surface area contributed by atoms with Gasteiger partial charge >= 0.3 is 20.1 Å². The topological polar surface area (TPSA) is 21.7 Å². The van der Waals surface area contributed by atoms with Crippen LogP contribution >= 0.6 is 11.8 Å². The average Bonchev–Trinajstić information content (AvgIpc) is 3.45. The van der Waals surface area contributed by atoms with Gasteiger partial charge in [-0.1, -0.05) is 93.3 Å². The van der Waals surface area contributed by atoms with Crippen LogP contribution in [0.25, 0.3) is 44.4 Å². The van der Waals surface area contributed by atoms with Crippen molar-refractivity contribution in [2.45, 2.75) is 49.3 Å². The Hall–Kier alpha value is -4.02. The number of hydrogen-bond acceptors (Lipinski definition) is 2. The Labute approximate surface area is 283 Å². The minimum atomic E-state index is 0. The fourth-order valence-electron chi connectivity index (χ4n) is 5.88. The summed E-state index contributed by atoms with van der Waals surface area (Å²) < 4.78 is 4.52. The van der Waals surface area contributed by atoms with Crippen molar-refractivity contribution >= 4 is 33.6 Å². The normalized spacial score (nSPS) is 11.7. The van der Waals surface area contributed by atoms with Crippen LogP contribution < -0.4 is 4.57 Å². The van der Waals surface area contributed by atoms with Crippen LogP contribution in [0.4, 0.5) is 0 Å². The summed E-state index contributed by atoms with van der Waals surface area (Å²) in [4.78, 5) is 6.71. The van der Waals surface area contributed by atoms with Crippen molar-refractivity contribution in [2.75, 3.05) is 0 Å². The molecular formula is C40H33IrN3S+. The van der Waals surface area contributed by atoms with Gasteiger partial charge in [0, 0.05) is 11.1 Å². The molecule has 0 radical (unpaired) electrons. The van der Waals surface area contributed by atoms with Gasteiger partial charge in [-0.25, -0.2) is 0 Å². The second kappa shape index (κ2) is 13.1. The molecule has 0 unspecified atom stereocenters. The summed E-state index contributed by atoms with van der Waals surface area (Å²) in [5, 5.41) is 2.36. The summed E-state index contributed by atoms with van der Waals surface area (Å²) in [6.07, 6.45) is 5.54. The Morgan fingerprint density at radius 2 is 1.49 bits per heavy atom. The first kappa shape index (κ1) is 31.0. The quantitative estimate of drug-likeness (QED) is 0.131. The van der Waals surface area contributed by atoms with Gasteiger partial charge < -0.3 is 9.55 Å². The number of benzene rings is 5. The van der Waals surface area contributed by atoms with E-state index in [1.807, 2.05) is 54.2 Å².